The number of carbonyl (C=O) groups is 4. The number of nitrogens with zero attached hydrogens (tertiary/aromatic N) is 4. The summed E-state index contributed by atoms with van der Waals surface area (Å²) in [6, 6.07) is 8.96. The fourth-order valence-electron chi connectivity index (χ4n) is 13.1. The molecule has 24 heteroatoms. The van der Waals surface area contributed by atoms with Gasteiger partial charge < -0.3 is 58.4 Å². The monoisotopic (exact) mass is 1340 g/mol. The molecule has 2 saturated heterocycles. The molecule has 0 spiro atoms. The molecule has 4 amide bonds. The van der Waals surface area contributed by atoms with Crippen LogP contribution in [0.25, 0.3) is 21.8 Å². The number of hydrogen-bond donors (Lipinski definition) is 2. The van der Waals surface area contributed by atoms with Crippen LogP contribution >= 0.6 is 0 Å². The normalized spacial score (nSPS) is 30.1. The van der Waals surface area contributed by atoms with E-state index in [2.05, 4.69) is 20.6 Å². The van der Waals surface area contributed by atoms with E-state index in [1.54, 1.807) is 64.1 Å². The molecule has 4 fully saturated rings. The number of pyridine rings is 2. The Morgan fingerprint density at radius 3 is 1.42 bits per heavy atom. The fraction of sp³-hybridized carbons (Fsp3) is 0.642. The zero-order chi connectivity index (χ0) is 64.8. The molecule has 4 aromatic rings. The number of ether oxygens (including phenoxy) is 6. The average Bonchev–Trinajstić information content (AvgIpc) is 1.79. The Labute approximate surface area is 554 Å². The molecule has 0 unspecified atom stereocenters. The smallest absolute Gasteiger partial charge is 0.408 e. The topological polar surface area (TPSA) is 214 Å². The SMILES string of the molecule is CCOc1ccc2cc3c(nc2c1)O[C@H]1CN(C(=O)[C@H](C(C)(C)C)NC(=O)O[C@]2(C)C[C@H]2CCCCC3(F)F)[C@H]([C-]=O)[C@@H]1C.CCOc1ccc2cc3c(nc2c1)O[C@H]1CN(C(=O)[C@H](C(C)(C)C)NC(=O)O[C@]2(C)C[C@H]2CCCCC3(F)F)[C@H]([C-]=O)[C@@H]1CC.[V].[V]. The number of fused-ring (bicyclic) bond motifs is 10. The second-order valence-corrected chi connectivity index (χ2v) is 27.6. The van der Waals surface area contributed by atoms with Gasteiger partial charge in [0.05, 0.1) is 48.5 Å². The maximum absolute atomic E-state index is 16.1. The van der Waals surface area contributed by atoms with Gasteiger partial charge in [0.15, 0.2) is 0 Å². The molecule has 6 aliphatic rings. The van der Waals surface area contributed by atoms with Gasteiger partial charge in [0.25, 0.3) is 11.8 Å². The predicted molar refractivity (Wildman–Crippen MR) is 323 cm³/mol. The van der Waals surface area contributed by atoms with Crippen molar-refractivity contribution in [2.45, 2.75) is 213 Å². The molecule has 4 aliphatic heterocycles. The van der Waals surface area contributed by atoms with Gasteiger partial charge >= 0.3 is 12.2 Å². The maximum Gasteiger partial charge on any atom is 0.408 e. The molecule has 6 heterocycles. The summed E-state index contributed by atoms with van der Waals surface area (Å²) in [5.41, 5.74) is -2.72. The van der Waals surface area contributed by atoms with E-state index < -0.39 is 119 Å². The van der Waals surface area contributed by atoms with E-state index in [-0.39, 0.29) is 97.8 Å². The number of nitrogens with one attached hydrogen (secondary N) is 2. The Bertz CT molecular complexity index is 3320. The van der Waals surface area contributed by atoms with Crippen molar-refractivity contribution < 1.29 is 112 Å². The van der Waals surface area contributed by atoms with E-state index in [1.165, 1.54) is 21.9 Å². The van der Waals surface area contributed by atoms with Crippen LogP contribution in [-0.2, 0) is 77.6 Å². The summed E-state index contributed by atoms with van der Waals surface area (Å²) in [6.45, 7) is 22.5. The first kappa shape index (κ1) is 72.6. The summed E-state index contributed by atoms with van der Waals surface area (Å²) < 4.78 is 99.3. The second kappa shape index (κ2) is 28.4. The molecule has 496 valence electrons. The first-order valence-electron chi connectivity index (χ1n) is 31.5. The molecule has 2 aromatic heterocycles. The summed E-state index contributed by atoms with van der Waals surface area (Å²) in [4.78, 5) is 90.5. The molecule has 10 rings (SSSR count). The van der Waals surface area contributed by atoms with Crippen molar-refractivity contribution in [1.82, 2.24) is 30.4 Å². The Morgan fingerprint density at radius 2 is 1.02 bits per heavy atom. The molecule has 12 atom stereocenters. The van der Waals surface area contributed by atoms with E-state index in [1.807, 2.05) is 68.0 Å². The van der Waals surface area contributed by atoms with Crippen molar-refractivity contribution in [2.75, 3.05) is 26.3 Å². The number of halogens is 4. The van der Waals surface area contributed by atoms with Crippen molar-refractivity contribution >= 4 is 58.4 Å². The molecule has 2 saturated carbocycles. The van der Waals surface area contributed by atoms with Gasteiger partial charge in [-0.3, -0.25) is 9.59 Å². The van der Waals surface area contributed by atoms with Gasteiger partial charge in [0.1, 0.15) is 47.0 Å². The summed E-state index contributed by atoms with van der Waals surface area (Å²) in [6.07, 6.45) is 4.50. The zero-order valence-electron chi connectivity index (χ0n) is 54.1. The zero-order valence-corrected chi connectivity index (χ0v) is 56.9. The third kappa shape index (κ3) is 16.0. The Morgan fingerprint density at radius 1 is 0.615 bits per heavy atom. The molecule has 18 nitrogen and oxygen atoms in total. The van der Waals surface area contributed by atoms with Crippen LogP contribution in [0.4, 0.5) is 27.2 Å². The van der Waals surface area contributed by atoms with Gasteiger partial charge in [-0.05, 0) is 125 Å². The predicted octanol–water partition coefficient (Wildman–Crippen LogP) is 12.2. The van der Waals surface area contributed by atoms with Gasteiger partial charge in [-0.1, -0.05) is 86.7 Å². The molecule has 91 heavy (non-hydrogen) atoms. The van der Waals surface area contributed by atoms with Crippen LogP contribution < -0.4 is 29.6 Å². The number of benzene rings is 2. The number of alkyl carbamates (subject to hydrolysis) is 2. The summed E-state index contributed by atoms with van der Waals surface area (Å²) in [5, 5.41) is 6.56. The van der Waals surface area contributed by atoms with Crippen molar-refractivity contribution in [3.8, 4) is 23.3 Å². The van der Waals surface area contributed by atoms with Crippen LogP contribution in [0.15, 0.2) is 48.5 Å². The minimum atomic E-state index is -3.26. The minimum absolute atomic E-state index is 0. The quantitative estimate of drug-likeness (QED) is 0.130. The fourth-order valence-corrected chi connectivity index (χ4v) is 13.1. The Balaban J connectivity index is 0.000000253. The molecular weight excluding hydrogens is 1260 g/mol. The van der Waals surface area contributed by atoms with Crippen molar-refractivity contribution in [3.63, 3.8) is 0 Å². The number of alkyl halides is 4. The summed E-state index contributed by atoms with van der Waals surface area (Å²) >= 11 is 0. The molecule has 2 aliphatic carbocycles. The third-order valence-corrected chi connectivity index (χ3v) is 18.8. The maximum atomic E-state index is 16.1. The van der Waals surface area contributed by atoms with E-state index in [9.17, 15) is 28.8 Å². The van der Waals surface area contributed by atoms with Crippen LogP contribution in [-0.4, -0.2) is 130 Å². The van der Waals surface area contributed by atoms with Gasteiger partial charge in [0, 0.05) is 84.7 Å². The molecule has 2 aromatic carbocycles. The number of aromatic nitrogens is 2. The van der Waals surface area contributed by atoms with Crippen LogP contribution in [0, 0.1) is 34.5 Å². The molecule has 2 N–H and O–H groups in total. The van der Waals surface area contributed by atoms with Crippen LogP contribution in [0.2, 0.25) is 0 Å². The minimum Gasteiger partial charge on any atom is -0.540 e. The van der Waals surface area contributed by atoms with E-state index in [0.29, 0.717) is 91.5 Å². The molecule has 4 bridgehead atoms. The number of hydrogen-bond acceptors (Lipinski definition) is 14. The molecule has 2 radical (unpaired) electrons. The number of rotatable bonds is 7. The van der Waals surface area contributed by atoms with Crippen molar-refractivity contribution in [1.29, 1.82) is 0 Å². The second-order valence-electron chi connectivity index (χ2n) is 27.6. The number of amides is 4. The largest absolute Gasteiger partial charge is 0.540 e. The third-order valence-electron chi connectivity index (χ3n) is 18.8. The van der Waals surface area contributed by atoms with Gasteiger partial charge in [-0.25, -0.2) is 49.7 Å². The van der Waals surface area contributed by atoms with E-state index in [4.69, 9.17) is 28.4 Å². The Kier molecular flexibility index (Phi) is 22.7. The van der Waals surface area contributed by atoms with Crippen molar-refractivity contribution in [2.24, 2.45) is 34.5 Å². The van der Waals surface area contributed by atoms with Crippen LogP contribution in [0.5, 0.6) is 23.3 Å². The average molecular weight is 1350 g/mol. The van der Waals surface area contributed by atoms with Gasteiger partial charge in [-0.15, -0.1) is 0 Å². The van der Waals surface area contributed by atoms with Crippen LogP contribution in [0.1, 0.15) is 165 Å². The Hall–Kier alpha value is -5.83. The standard InChI is InChI=1S/C34H44F2N3O6.C33H42F2N3O6.2V/c1-7-23-26(19-40)39-18-27(23)44-29-24(15-20-12-13-22(43-8-2)16-25(20)37-29)34(35,36)14-10-9-11-21-17-33(21,6)45-31(42)38-28(30(39)41)32(3,4)5;1-7-42-22-12-11-20-14-23-28(36-24(20)15-22)43-26-17-38(25(18-39)19(26)2)29(40)27(31(3,4)5)37-30(41)44-32(6)16-21(32)10-8-9-13-33(23,34)35;;/h12-13,15-16,21,23,26-28H,7-11,14,17-18H2,1-6H3,(H,38,42);11-12,14-15,19,21,25-27H,7-10,13,16-17H2,1-6H3,(H,37,41);;/q2*-1;;/t21-,23+,26-,27+,28-,33-;19-,21+,25+,26-,27+,32+;;/m10../s1. The van der Waals surface area contributed by atoms with Crippen molar-refractivity contribution in [3.05, 3.63) is 59.7 Å². The van der Waals surface area contributed by atoms with Gasteiger partial charge in [0.2, 0.25) is 23.6 Å². The van der Waals surface area contributed by atoms with E-state index in [0.717, 1.165) is 0 Å². The molecular formula is C67H86F4N6O12V2-2. The summed E-state index contributed by atoms with van der Waals surface area (Å²) in [5.74, 6) is -7.92. The van der Waals surface area contributed by atoms with Crippen LogP contribution in [0.3, 0.4) is 0 Å². The van der Waals surface area contributed by atoms with Gasteiger partial charge in [-0.2, -0.15) is 0 Å². The van der Waals surface area contributed by atoms with E-state index >= 15 is 17.6 Å². The first-order chi connectivity index (χ1) is 41.9. The first-order valence-corrected chi connectivity index (χ1v) is 31.5. The number of carbonyl (C=O) groups excluding carboxylic acids is 6. The summed E-state index contributed by atoms with van der Waals surface area (Å²) in [7, 11) is 0.